The van der Waals surface area contributed by atoms with E-state index in [0.29, 0.717) is 40.7 Å². The van der Waals surface area contributed by atoms with Gasteiger partial charge in [-0.05, 0) is 37.1 Å². The number of hydrogen-bond acceptors (Lipinski definition) is 4. The molecule has 2 aromatic carbocycles. The standard InChI is InChI=1S/C20H19ClO4/c1-4-24-17-10-15(23-3)11-18-19(17)12(2)16(20(22)25-18)9-13-6-5-7-14(21)8-13/h5-8,10-11H,4,9H2,1-3H3. The predicted octanol–water partition coefficient (Wildman–Crippen LogP) is 4.75. The molecule has 0 fully saturated rings. The highest BCUT2D eigenvalue weighted by molar-refractivity contribution is 6.30. The van der Waals surface area contributed by atoms with Gasteiger partial charge in [-0.25, -0.2) is 4.79 Å². The number of hydrogen-bond donors (Lipinski definition) is 0. The Morgan fingerprint density at radius 1 is 1.20 bits per heavy atom. The average molecular weight is 359 g/mol. The maximum atomic E-state index is 12.5. The zero-order chi connectivity index (χ0) is 18.0. The van der Waals surface area contributed by atoms with Crippen LogP contribution in [0.5, 0.6) is 11.5 Å². The van der Waals surface area contributed by atoms with E-state index in [0.717, 1.165) is 16.5 Å². The van der Waals surface area contributed by atoms with Crippen LogP contribution in [0.25, 0.3) is 11.0 Å². The first-order chi connectivity index (χ1) is 12.0. The summed E-state index contributed by atoms with van der Waals surface area (Å²) in [6, 6.07) is 11.0. The van der Waals surface area contributed by atoms with E-state index < -0.39 is 0 Å². The van der Waals surface area contributed by atoms with Crippen molar-refractivity contribution in [3.05, 3.63) is 68.5 Å². The van der Waals surface area contributed by atoms with Crippen LogP contribution in [0.2, 0.25) is 5.02 Å². The van der Waals surface area contributed by atoms with Gasteiger partial charge in [-0.3, -0.25) is 0 Å². The first-order valence-electron chi connectivity index (χ1n) is 8.05. The van der Waals surface area contributed by atoms with Gasteiger partial charge in [-0.2, -0.15) is 0 Å². The van der Waals surface area contributed by atoms with Crippen LogP contribution < -0.4 is 15.1 Å². The summed E-state index contributed by atoms with van der Waals surface area (Å²) in [6.07, 6.45) is 0.447. The molecular formula is C20H19ClO4. The molecule has 0 amide bonds. The maximum Gasteiger partial charge on any atom is 0.340 e. The summed E-state index contributed by atoms with van der Waals surface area (Å²) in [5.41, 5.74) is 2.49. The normalized spacial score (nSPS) is 10.9. The quantitative estimate of drug-likeness (QED) is 0.617. The molecule has 0 atom stereocenters. The van der Waals surface area contributed by atoms with Crippen molar-refractivity contribution in [2.24, 2.45) is 0 Å². The molecular weight excluding hydrogens is 340 g/mol. The fraction of sp³-hybridized carbons (Fsp3) is 0.250. The maximum absolute atomic E-state index is 12.5. The summed E-state index contributed by atoms with van der Waals surface area (Å²) in [5, 5.41) is 1.43. The molecule has 0 radical (unpaired) electrons. The lowest BCUT2D eigenvalue weighted by molar-refractivity contribution is 0.339. The van der Waals surface area contributed by atoms with E-state index >= 15 is 0 Å². The fourth-order valence-electron chi connectivity index (χ4n) is 2.92. The van der Waals surface area contributed by atoms with E-state index in [1.165, 1.54) is 0 Å². The number of aryl methyl sites for hydroxylation is 1. The van der Waals surface area contributed by atoms with Crippen molar-refractivity contribution >= 4 is 22.6 Å². The second-order valence-corrected chi connectivity index (χ2v) is 6.17. The largest absolute Gasteiger partial charge is 0.496 e. The van der Waals surface area contributed by atoms with Crippen LogP contribution in [-0.4, -0.2) is 13.7 Å². The van der Waals surface area contributed by atoms with E-state index in [1.54, 1.807) is 19.2 Å². The Kier molecular flexibility index (Phi) is 5.00. The van der Waals surface area contributed by atoms with Crippen LogP contribution in [0, 0.1) is 6.92 Å². The van der Waals surface area contributed by atoms with Gasteiger partial charge in [0.15, 0.2) is 0 Å². The molecule has 0 aliphatic heterocycles. The lowest BCUT2D eigenvalue weighted by Crippen LogP contribution is -2.11. The smallest absolute Gasteiger partial charge is 0.340 e. The molecule has 1 aromatic heterocycles. The molecule has 130 valence electrons. The van der Waals surface area contributed by atoms with Crippen molar-refractivity contribution in [3.8, 4) is 11.5 Å². The van der Waals surface area contributed by atoms with Crippen LogP contribution in [0.3, 0.4) is 0 Å². The van der Waals surface area contributed by atoms with Gasteiger partial charge in [0.2, 0.25) is 0 Å². The molecule has 1 heterocycles. The molecule has 0 aliphatic rings. The Morgan fingerprint density at radius 2 is 2.00 bits per heavy atom. The molecule has 3 aromatic rings. The molecule has 0 unspecified atom stereocenters. The highest BCUT2D eigenvalue weighted by atomic mass is 35.5. The molecule has 0 saturated heterocycles. The van der Waals surface area contributed by atoms with E-state index in [-0.39, 0.29) is 5.63 Å². The van der Waals surface area contributed by atoms with Gasteiger partial charge in [0.05, 0.1) is 19.1 Å². The minimum absolute atomic E-state index is 0.360. The van der Waals surface area contributed by atoms with Crippen molar-refractivity contribution in [1.82, 2.24) is 0 Å². The number of rotatable bonds is 5. The van der Waals surface area contributed by atoms with E-state index in [4.69, 9.17) is 25.5 Å². The first-order valence-corrected chi connectivity index (χ1v) is 8.42. The van der Waals surface area contributed by atoms with Gasteiger partial charge >= 0.3 is 5.63 Å². The average Bonchev–Trinajstić information content (AvgIpc) is 2.58. The summed E-state index contributed by atoms with van der Waals surface area (Å²) in [5.74, 6) is 1.23. The Labute approximate surface area is 150 Å². The topological polar surface area (TPSA) is 48.7 Å². The SMILES string of the molecule is CCOc1cc(OC)cc2oc(=O)c(Cc3cccc(Cl)c3)c(C)c12. The minimum atomic E-state index is -0.360. The second-order valence-electron chi connectivity index (χ2n) is 5.73. The number of ether oxygens (including phenoxy) is 2. The lowest BCUT2D eigenvalue weighted by atomic mass is 9.99. The van der Waals surface area contributed by atoms with Crippen molar-refractivity contribution in [2.45, 2.75) is 20.3 Å². The third-order valence-corrected chi connectivity index (χ3v) is 4.36. The predicted molar refractivity (Wildman–Crippen MR) is 99.2 cm³/mol. The monoisotopic (exact) mass is 358 g/mol. The Balaban J connectivity index is 2.20. The van der Waals surface area contributed by atoms with E-state index in [9.17, 15) is 4.79 Å². The van der Waals surface area contributed by atoms with Crippen LogP contribution in [0.4, 0.5) is 0 Å². The van der Waals surface area contributed by atoms with Gasteiger partial charge < -0.3 is 13.9 Å². The van der Waals surface area contributed by atoms with Gasteiger partial charge in [0, 0.05) is 29.1 Å². The third-order valence-electron chi connectivity index (χ3n) is 4.12. The molecule has 4 nitrogen and oxygen atoms in total. The minimum Gasteiger partial charge on any atom is -0.496 e. The van der Waals surface area contributed by atoms with Crippen molar-refractivity contribution in [1.29, 1.82) is 0 Å². The first kappa shape index (κ1) is 17.4. The molecule has 0 bridgehead atoms. The van der Waals surface area contributed by atoms with Crippen molar-refractivity contribution in [2.75, 3.05) is 13.7 Å². The zero-order valence-corrected chi connectivity index (χ0v) is 15.1. The Hall–Kier alpha value is -2.46. The summed E-state index contributed by atoms with van der Waals surface area (Å²) in [6.45, 7) is 4.32. The van der Waals surface area contributed by atoms with Gasteiger partial charge in [-0.15, -0.1) is 0 Å². The number of fused-ring (bicyclic) bond motifs is 1. The van der Waals surface area contributed by atoms with Crippen LogP contribution in [0.1, 0.15) is 23.6 Å². The molecule has 25 heavy (non-hydrogen) atoms. The van der Waals surface area contributed by atoms with Crippen LogP contribution in [-0.2, 0) is 6.42 Å². The van der Waals surface area contributed by atoms with Crippen molar-refractivity contribution in [3.63, 3.8) is 0 Å². The second kappa shape index (κ2) is 7.19. The molecule has 0 spiro atoms. The van der Waals surface area contributed by atoms with Crippen molar-refractivity contribution < 1.29 is 13.9 Å². The molecule has 0 N–H and O–H groups in total. The number of halogens is 1. The lowest BCUT2D eigenvalue weighted by Gasteiger charge is -2.14. The van der Waals surface area contributed by atoms with Gasteiger partial charge in [0.1, 0.15) is 17.1 Å². The highest BCUT2D eigenvalue weighted by Crippen LogP contribution is 2.34. The summed E-state index contributed by atoms with van der Waals surface area (Å²) in [4.78, 5) is 12.5. The summed E-state index contributed by atoms with van der Waals surface area (Å²) < 4.78 is 16.6. The zero-order valence-electron chi connectivity index (χ0n) is 14.4. The van der Waals surface area contributed by atoms with Gasteiger partial charge in [0.25, 0.3) is 0 Å². The Morgan fingerprint density at radius 3 is 2.68 bits per heavy atom. The number of benzene rings is 2. The highest BCUT2D eigenvalue weighted by Gasteiger charge is 2.17. The van der Waals surface area contributed by atoms with E-state index in [1.807, 2.05) is 38.1 Å². The third kappa shape index (κ3) is 3.49. The van der Waals surface area contributed by atoms with Crippen LogP contribution in [0.15, 0.2) is 45.6 Å². The van der Waals surface area contributed by atoms with E-state index in [2.05, 4.69) is 0 Å². The molecule has 0 aliphatic carbocycles. The van der Waals surface area contributed by atoms with Gasteiger partial charge in [-0.1, -0.05) is 23.7 Å². The molecule has 0 saturated carbocycles. The molecule has 3 rings (SSSR count). The number of methoxy groups -OCH3 is 1. The summed E-state index contributed by atoms with van der Waals surface area (Å²) >= 11 is 6.05. The molecule has 5 heteroatoms. The summed E-state index contributed by atoms with van der Waals surface area (Å²) in [7, 11) is 1.56. The fourth-order valence-corrected chi connectivity index (χ4v) is 3.14. The van der Waals surface area contributed by atoms with Crippen LogP contribution >= 0.6 is 11.6 Å². The Bertz CT molecular complexity index is 975.